The summed E-state index contributed by atoms with van der Waals surface area (Å²) in [5.74, 6) is 0.809. The zero-order valence-electron chi connectivity index (χ0n) is 14.1. The van der Waals surface area contributed by atoms with Crippen LogP contribution in [0.3, 0.4) is 0 Å². The monoisotopic (exact) mass is 311 g/mol. The van der Waals surface area contributed by atoms with Crippen LogP contribution in [-0.4, -0.2) is 15.9 Å². The third-order valence-electron chi connectivity index (χ3n) is 3.50. The molecule has 1 heterocycles. The second-order valence-corrected chi connectivity index (χ2v) is 5.72. The van der Waals surface area contributed by atoms with E-state index < -0.39 is 0 Å². The van der Waals surface area contributed by atoms with Crippen LogP contribution >= 0.6 is 0 Å². The molecule has 2 aromatic rings. The Morgan fingerprint density at radius 1 is 1.09 bits per heavy atom. The highest BCUT2D eigenvalue weighted by Crippen LogP contribution is 2.09. The number of nitrogens with two attached hydrogens (primary N) is 1. The fourth-order valence-electron chi connectivity index (χ4n) is 2.30. The van der Waals surface area contributed by atoms with Crippen molar-refractivity contribution in [3.05, 3.63) is 52.8 Å². The van der Waals surface area contributed by atoms with Gasteiger partial charge in [0.05, 0.1) is 6.54 Å². The number of nitrogens with zero attached hydrogens (tertiary/aromatic N) is 3. The molecule has 0 aliphatic rings. The molecule has 0 saturated heterocycles. The molecule has 2 rings (SSSR count). The van der Waals surface area contributed by atoms with Crippen LogP contribution in [0.25, 0.3) is 0 Å². The number of rotatable bonds is 6. The maximum atomic E-state index is 5.91. The van der Waals surface area contributed by atoms with Crippen LogP contribution in [0.5, 0.6) is 0 Å². The predicted molar refractivity (Wildman–Crippen MR) is 95.5 cm³/mol. The van der Waals surface area contributed by atoms with Gasteiger partial charge in [0.25, 0.3) is 0 Å². The Hall–Kier alpha value is -2.43. The van der Waals surface area contributed by atoms with Crippen LogP contribution in [0.2, 0.25) is 0 Å². The molecule has 0 atom stereocenters. The van der Waals surface area contributed by atoms with Gasteiger partial charge in [-0.2, -0.15) is 0 Å². The molecule has 5 nitrogen and oxygen atoms in total. The summed E-state index contributed by atoms with van der Waals surface area (Å²) in [4.78, 5) is 12.9. The Morgan fingerprint density at radius 2 is 1.70 bits per heavy atom. The second kappa shape index (κ2) is 8.27. The number of unbranched alkanes of at least 4 members (excludes halogenated alkanes) is 1. The molecule has 0 spiro atoms. The molecule has 1 aromatic heterocycles. The number of aliphatic imine (C=N–C) groups is 1. The first-order valence-corrected chi connectivity index (χ1v) is 8.04. The van der Waals surface area contributed by atoms with E-state index in [1.54, 1.807) is 0 Å². The molecule has 23 heavy (non-hydrogen) atoms. The number of hydrogen-bond acceptors (Lipinski definition) is 3. The summed E-state index contributed by atoms with van der Waals surface area (Å²) in [7, 11) is 0. The minimum Gasteiger partial charge on any atom is -0.370 e. The molecule has 0 aliphatic heterocycles. The SMILES string of the molecule is CCCCc1ccc(CN=C(N)Nc2nc(C)cc(C)n2)cc1. The number of aromatic nitrogens is 2. The molecule has 3 N–H and O–H groups in total. The van der Waals surface area contributed by atoms with Crippen LogP contribution in [0.1, 0.15) is 42.3 Å². The van der Waals surface area contributed by atoms with Crippen LogP contribution in [-0.2, 0) is 13.0 Å². The van der Waals surface area contributed by atoms with E-state index >= 15 is 0 Å². The van der Waals surface area contributed by atoms with Gasteiger partial charge in [-0.1, -0.05) is 37.6 Å². The Labute approximate surface area is 138 Å². The summed E-state index contributed by atoms with van der Waals surface area (Å²) >= 11 is 0. The van der Waals surface area contributed by atoms with E-state index in [1.807, 2.05) is 19.9 Å². The van der Waals surface area contributed by atoms with E-state index in [-0.39, 0.29) is 0 Å². The third-order valence-corrected chi connectivity index (χ3v) is 3.50. The first kappa shape index (κ1) is 16.9. The zero-order valence-corrected chi connectivity index (χ0v) is 14.1. The fourth-order valence-corrected chi connectivity index (χ4v) is 2.30. The number of guanidine groups is 1. The van der Waals surface area contributed by atoms with Crippen LogP contribution in [0.15, 0.2) is 35.3 Å². The van der Waals surface area contributed by atoms with Crippen molar-refractivity contribution in [2.75, 3.05) is 5.32 Å². The van der Waals surface area contributed by atoms with Crippen molar-refractivity contribution in [1.82, 2.24) is 9.97 Å². The number of hydrogen-bond donors (Lipinski definition) is 2. The Bertz CT molecular complexity index is 641. The van der Waals surface area contributed by atoms with Crippen molar-refractivity contribution < 1.29 is 0 Å². The number of anilines is 1. The lowest BCUT2D eigenvalue weighted by Crippen LogP contribution is -2.24. The molecular formula is C18H25N5. The maximum Gasteiger partial charge on any atom is 0.229 e. The van der Waals surface area contributed by atoms with E-state index in [0.29, 0.717) is 18.5 Å². The first-order valence-electron chi connectivity index (χ1n) is 8.04. The molecule has 122 valence electrons. The van der Waals surface area contributed by atoms with Gasteiger partial charge < -0.3 is 5.73 Å². The van der Waals surface area contributed by atoms with Gasteiger partial charge in [-0.3, -0.25) is 5.32 Å². The Balaban J connectivity index is 1.93. The van der Waals surface area contributed by atoms with Gasteiger partial charge in [0.2, 0.25) is 5.95 Å². The van der Waals surface area contributed by atoms with Crippen LogP contribution in [0, 0.1) is 13.8 Å². The lowest BCUT2D eigenvalue weighted by Gasteiger charge is -2.06. The van der Waals surface area contributed by atoms with Crippen molar-refractivity contribution in [3.63, 3.8) is 0 Å². The number of nitrogens with one attached hydrogen (secondary N) is 1. The van der Waals surface area contributed by atoms with Crippen molar-refractivity contribution in [2.24, 2.45) is 10.7 Å². The van der Waals surface area contributed by atoms with Crippen molar-refractivity contribution in [1.29, 1.82) is 0 Å². The minimum absolute atomic E-state index is 0.324. The van der Waals surface area contributed by atoms with Crippen LogP contribution in [0.4, 0.5) is 5.95 Å². The number of benzene rings is 1. The minimum atomic E-state index is 0.324. The van der Waals surface area contributed by atoms with Gasteiger partial charge in [-0.05, 0) is 43.9 Å². The highest BCUT2D eigenvalue weighted by atomic mass is 15.2. The normalized spacial score (nSPS) is 11.5. The second-order valence-electron chi connectivity index (χ2n) is 5.72. The van der Waals surface area contributed by atoms with E-state index in [0.717, 1.165) is 23.4 Å². The fraction of sp³-hybridized carbons (Fsp3) is 0.389. The van der Waals surface area contributed by atoms with Crippen molar-refractivity contribution in [3.8, 4) is 0 Å². The first-order chi connectivity index (χ1) is 11.1. The van der Waals surface area contributed by atoms with E-state index in [2.05, 4.69) is 51.5 Å². The average molecular weight is 311 g/mol. The number of aryl methyl sites for hydroxylation is 3. The van der Waals surface area contributed by atoms with Crippen LogP contribution < -0.4 is 11.1 Å². The lowest BCUT2D eigenvalue weighted by molar-refractivity contribution is 0.794. The summed E-state index contributed by atoms with van der Waals surface area (Å²) in [6, 6.07) is 10.5. The molecule has 0 aliphatic carbocycles. The largest absolute Gasteiger partial charge is 0.370 e. The summed E-state index contributed by atoms with van der Waals surface area (Å²) in [5, 5.41) is 2.94. The van der Waals surface area contributed by atoms with E-state index in [4.69, 9.17) is 5.73 Å². The smallest absolute Gasteiger partial charge is 0.229 e. The molecule has 5 heteroatoms. The highest BCUT2D eigenvalue weighted by molar-refractivity contribution is 5.90. The Kier molecular flexibility index (Phi) is 6.09. The van der Waals surface area contributed by atoms with Crippen molar-refractivity contribution >= 4 is 11.9 Å². The quantitative estimate of drug-likeness (QED) is 0.633. The summed E-state index contributed by atoms with van der Waals surface area (Å²) in [5.41, 5.74) is 10.2. The topological polar surface area (TPSA) is 76.2 Å². The van der Waals surface area contributed by atoms with Gasteiger partial charge >= 0.3 is 0 Å². The van der Waals surface area contributed by atoms with E-state index in [1.165, 1.54) is 18.4 Å². The molecule has 0 saturated carbocycles. The zero-order chi connectivity index (χ0) is 16.7. The van der Waals surface area contributed by atoms with Gasteiger partial charge in [0, 0.05) is 11.4 Å². The average Bonchev–Trinajstić information content (AvgIpc) is 2.51. The van der Waals surface area contributed by atoms with E-state index in [9.17, 15) is 0 Å². The molecule has 0 amide bonds. The molecule has 0 bridgehead atoms. The van der Waals surface area contributed by atoms with Gasteiger partial charge in [0.1, 0.15) is 0 Å². The molecule has 0 unspecified atom stereocenters. The lowest BCUT2D eigenvalue weighted by atomic mass is 10.1. The highest BCUT2D eigenvalue weighted by Gasteiger charge is 2.01. The van der Waals surface area contributed by atoms with Gasteiger partial charge in [-0.15, -0.1) is 0 Å². The predicted octanol–water partition coefficient (Wildman–Crippen LogP) is 3.36. The molecular weight excluding hydrogens is 286 g/mol. The van der Waals surface area contributed by atoms with Gasteiger partial charge in [0.15, 0.2) is 5.96 Å². The summed E-state index contributed by atoms with van der Waals surface area (Å²) in [6.45, 7) is 6.59. The molecule has 1 aromatic carbocycles. The standard InChI is InChI=1S/C18H25N5/c1-4-5-6-15-7-9-16(10-8-15)12-20-17(19)23-18-21-13(2)11-14(3)22-18/h7-11H,4-6,12H2,1-3H3,(H3,19,20,21,22,23). The third kappa shape index (κ3) is 5.70. The summed E-state index contributed by atoms with van der Waals surface area (Å²) < 4.78 is 0. The Morgan fingerprint density at radius 3 is 2.30 bits per heavy atom. The molecule has 0 fully saturated rings. The summed E-state index contributed by atoms with van der Waals surface area (Å²) in [6.07, 6.45) is 3.58. The van der Waals surface area contributed by atoms with Gasteiger partial charge in [-0.25, -0.2) is 15.0 Å². The maximum absolute atomic E-state index is 5.91. The molecule has 0 radical (unpaired) electrons. The van der Waals surface area contributed by atoms with Crippen molar-refractivity contribution in [2.45, 2.75) is 46.6 Å².